The number of benzene rings is 2. The fourth-order valence-electron chi connectivity index (χ4n) is 3.08. The van der Waals surface area contributed by atoms with Crippen LogP contribution in [0, 0.1) is 6.92 Å². The van der Waals surface area contributed by atoms with E-state index in [0.29, 0.717) is 5.16 Å². The Morgan fingerprint density at radius 2 is 1.85 bits per heavy atom. The number of carbonyl (C=O) groups is 1. The highest BCUT2D eigenvalue weighted by Gasteiger charge is 2.24. The number of Topliss-reactive ketones (excluding diaryl/α,β-unsaturated/α-hetero) is 1. The van der Waals surface area contributed by atoms with Crippen molar-refractivity contribution in [2.75, 3.05) is 0 Å². The molecule has 0 saturated heterocycles. The average Bonchev–Trinajstić information content (AvgIpc) is 3.25. The van der Waals surface area contributed by atoms with Crippen molar-refractivity contribution in [2.45, 2.75) is 24.3 Å². The minimum Gasteiger partial charge on any atom is -0.358 e. The highest BCUT2D eigenvalue weighted by Crippen LogP contribution is 2.30. The highest BCUT2D eigenvalue weighted by atomic mass is 32.2. The number of aromatic amines is 1. The third kappa shape index (κ3) is 2.93. The standard InChI is InChI=1S/C20H18N4OS/c1-13-18(16-10-6-7-11-17(16)22-13)19(25)14(2)26-20-23-21-12-24(20)15-8-4-3-5-9-15/h3-12,14,22H,1-2H3. The Bertz CT molecular complexity index is 1070. The second-order valence-electron chi connectivity index (χ2n) is 6.11. The first-order valence-corrected chi connectivity index (χ1v) is 9.26. The van der Waals surface area contributed by atoms with Gasteiger partial charge in [-0.2, -0.15) is 0 Å². The van der Waals surface area contributed by atoms with E-state index >= 15 is 0 Å². The molecule has 0 fully saturated rings. The smallest absolute Gasteiger partial charge is 0.196 e. The van der Waals surface area contributed by atoms with Crippen LogP contribution in [-0.4, -0.2) is 30.8 Å². The summed E-state index contributed by atoms with van der Waals surface area (Å²) in [6.45, 7) is 3.86. The predicted octanol–water partition coefficient (Wildman–Crippen LogP) is 4.42. The number of thioether (sulfide) groups is 1. The van der Waals surface area contributed by atoms with E-state index in [-0.39, 0.29) is 11.0 Å². The summed E-state index contributed by atoms with van der Waals surface area (Å²) in [5.74, 6) is 0.0903. The summed E-state index contributed by atoms with van der Waals surface area (Å²) in [4.78, 5) is 16.4. The van der Waals surface area contributed by atoms with Crippen LogP contribution < -0.4 is 0 Å². The largest absolute Gasteiger partial charge is 0.358 e. The van der Waals surface area contributed by atoms with Crippen molar-refractivity contribution in [1.82, 2.24) is 19.7 Å². The van der Waals surface area contributed by atoms with Crippen molar-refractivity contribution in [2.24, 2.45) is 0 Å². The van der Waals surface area contributed by atoms with Crippen molar-refractivity contribution in [3.8, 4) is 5.69 Å². The maximum atomic E-state index is 13.1. The van der Waals surface area contributed by atoms with E-state index in [4.69, 9.17) is 0 Å². The van der Waals surface area contributed by atoms with Gasteiger partial charge >= 0.3 is 0 Å². The molecule has 0 aliphatic heterocycles. The lowest BCUT2D eigenvalue weighted by atomic mass is 10.1. The Labute approximate surface area is 155 Å². The van der Waals surface area contributed by atoms with Crippen molar-refractivity contribution in [1.29, 1.82) is 0 Å². The molecule has 0 aliphatic carbocycles. The summed E-state index contributed by atoms with van der Waals surface area (Å²) in [5.41, 5.74) is 3.61. The molecule has 0 spiro atoms. The molecular formula is C20H18N4OS. The number of hydrogen-bond acceptors (Lipinski definition) is 4. The molecule has 0 bridgehead atoms. The number of rotatable bonds is 5. The Balaban J connectivity index is 1.63. The molecular weight excluding hydrogens is 344 g/mol. The molecule has 4 rings (SSSR count). The number of aryl methyl sites for hydroxylation is 1. The van der Waals surface area contributed by atoms with Gasteiger partial charge in [-0.3, -0.25) is 9.36 Å². The zero-order valence-corrected chi connectivity index (χ0v) is 15.3. The summed E-state index contributed by atoms with van der Waals surface area (Å²) in [7, 11) is 0. The fourth-order valence-corrected chi connectivity index (χ4v) is 3.98. The first-order chi connectivity index (χ1) is 12.6. The summed E-state index contributed by atoms with van der Waals surface area (Å²) < 4.78 is 1.90. The van der Waals surface area contributed by atoms with E-state index < -0.39 is 0 Å². The molecule has 130 valence electrons. The van der Waals surface area contributed by atoms with Crippen LogP contribution in [0.1, 0.15) is 23.0 Å². The SMILES string of the molecule is Cc1[nH]c2ccccc2c1C(=O)C(C)Sc1nncn1-c1ccccc1. The summed E-state index contributed by atoms with van der Waals surface area (Å²) >= 11 is 1.42. The van der Waals surface area contributed by atoms with Crippen LogP contribution in [0.15, 0.2) is 66.1 Å². The van der Waals surface area contributed by atoms with Crippen LogP contribution in [0.2, 0.25) is 0 Å². The molecule has 0 amide bonds. The van der Waals surface area contributed by atoms with Gasteiger partial charge in [-0.1, -0.05) is 48.2 Å². The van der Waals surface area contributed by atoms with Gasteiger partial charge < -0.3 is 4.98 Å². The number of H-pyrrole nitrogens is 1. The van der Waals surface area contributed by atoms with E-state index in [9.17, 15) is 4.79 Å². The molecule has 4 aromatic rings. The number of para-hydroxylation sites is 2. The highest BCUT2D eigenvalue weighted by molar-refractivity contribution is 8.00. The van der Waals surface area contributed by atoms with Gasteiger partial charge in [0, 0.05) is 27.8 Å². The third-order valence-electron chi connectivity index (χ3n) is 4.34. The Hall–Kier alpha value is -2.86. The Morgan fingerprint density at radius 1 is 1.12 bits per heavy atom. The second-order valence-corrected chi connectivity index (χ2v) is 7.42. The van der Waals surface area contributed by atoms with Gasteiger partial charge in [0.2, 0.25) is 0 Å². The van der Waals surface area contributed by atoms with Gasteiger partial charge in [0.1, 0.15) is 6.33 Å². The third-order valence-corrected chi connectivity index (χ3v) is 5.40. The maximum Gasteiger partial charge on any atom is 0.196 e. The Morgan fingerprint density at radius 3 is 2.65 bits per heavy atom. The maximum absolute atomic E-state index is 13.1. The quantitative estimate of drug-likeness (QED) is 0.422. The molecule has 0 radical (unpaired) electrons. The van der Waals surface area contributed by atoms with Crippen LogP contribution in [0.3, 0.4) is 0 Å². The number of fused-ring (bicyclic) bond motifs is 1. The predicted molar refractivity (Wildman–Crippen MR) is 104 cm³/mol. The second kappa shape index (κ2) is 6.80. The van der Waals surface area contributed by atoms with E-state index in [0.717, 1.165) is 27.8 Å². The normalized spacial score (nSPS) is 12.4. The monoisotopic (exact) mass is 362 g/mol. The average molecular weight is 362 g/mol. The minimum absolute atomic E-state index is 0.0903. The zero-order valence-electron chi connectivity index (χ0n) is 14.5. The molecule has 5 nitrogen and oxygen atoms in total. The van der Waals surface area contributed by atoms with Gasteiger partial charge in [0.25, 0.3) is 0 Å². The van der Waals surface area contributed by atoms with Crippen LogP contribution in [0.5, 0.6) is 0 Å². The first-order valence-electron chi connectivity index (χ1n) is 8.39. The molecule has 26 heavy (non-hydrogen) atoms. The minimum atomic E-state index is -0.278. The number of aromatic nitrogens is 4. The van der Waals surface area contributed by atoms with Gasteiger partial charge in [0.05, 0.1) is 5.25 Å². The lowest BCUT2D eigenvalue weighted by molar-refractivity contribution is 0.0995. The summed E-state index contributed by atoms with van der Waals surface area (Å²) in [6, 6.07) is 17.8. The molecule has 1 N–H and O–H groups in total. The van der Waals surface area contributed by atoms with E-state index in [1.165, 1.54) is 11.8 Å². The number of nitrogens with zero attached hydrogens (tertiary/aromatic N) is 3. The molecule has 2 aromatic heterocycles. The van der Waals surface area contributed by atoms with E-state index in [1.807, 2.05) is 73.0 Å². The van der Waals surface area contributed by atoms with Gasteiger partial charge in [-0.25, -0.2) is 0 Å². The van der Waals surface area contributed by atoms with Crippen LogP contribution in [0.25, 0.3) is 16.6 Å². The van der Waals surface area contributed by atoms with Gasteiger partial charge in [-0.05, 0) is 32.0 Å². The molecule has 0 aliphatic rings. The van der Waals surface area contributed by atoms with Crippen molar-refractivity contribution in [3.05, 3.63) is 72.2 Å². The lowest BCUT2D eigenvalue weighted by Crippen LogP contribution is -2.15. The van der Waals surface area contributed by atoms with Crippen LogP contribution in [0.4, 0.5) is 0 Å². The number of carbonyl (C=O) groups excluding carboxylic acids is 1. The summed E-state index contributed by atoms with van der Waals surface area (Å²) in [6.07, 6.45) is 1.67. The van der Waals surface area contributed by atoms with Crippen molar-refractivity contribution in [3.63, 3.8) is 0 Å². The first kappa shape index (κ1) is 16.6. The number of ketones is 1. The van der Waals surface area contributed by atoms with Crippen molar-refractivity contribution < 1.29 is 4.79 Å². The van der Waals surface area contributed by atoms with Crippen molar-refractivity contribution >= 4 is 28.4 Å². The molecule has 6 heteroatoms. The molecule has 1 atom stereocenters. The van der Waals surface area contributed by atoms with E-state index in [1.54, 1.807) is 6.33 Å². The molecule has 2 heterocycles. The zero-order chi connectivity index (χ0) is 18.1. The Kier molecular flexibility index (Phi) is 4.34. The number of hydrogen-bond donors (Lipinski definition) is 1. The van der Waals surface area contributed by atoms with Crippen LogP contribution >= 0.6 is 11.8 Å². The molecule has 0 saturated carbocycles. The topological polar surface area (TPSA) is 63.6 Å². The summed E-state index contributed by atoms with van der Waals surface area (Å²) in [5, 5.41) is 9.60. The number of nitrogens with one attached hydrogen (secondary N) is 1. The van der Waals surface area contributed by atoms with Gasteiger partial charge in [0.15, 0.2) is 10.9 Å². The van der Waals surface area contributed by atoms with Crippen LogP contribution in [-0.2, 0) is 0 Å². The fraction of sp³-hybridized carbons (Fsp3) is 0.150. The molecule has 2 aromatic carbocycles. The van der Waals surface area contributed by atoms with Gasteiger partial charge in [-0.15, -0.1) is 10.2 Å². The lowest BCUT2D eigenvalue weighted by Gasteiger charge is -2.11. The van der Waals surface area contributed by atoms with E-state index in [2.05, 4.69) is 15.2 Å². The molecule has 1 unspecified atom stereocenters.